The summed E-state index contributed by atoms with van der Waals surface area (Å²) in [5, 5.41) is 3.91. The van der Waals surface area contributed by atoms with Crippen molar-refractivity contribution in [1.82, 2.24) is 15.0 Å². The summed E-state index contributed by atoms with van der Waals surface area (Å²) in [6.45, 7) is 0. The Morgan fingerprint density at radius 2 is 2.05 bits per heavy atom. The van der Waals surface area contributed by atoms with Crippen molar-refractivity contribution in [3.63, 3.8) is 0 Å². The van der Waals surface area contributed by atoms with Crippen molar-refractivity contribution >= 4 is 28.1 Å². The number of hydrogen-bond donors (Lipinski definition) is 2. The zero-order chi connectivity index (χ0) is 13.1. The van der Waals surface area contributed by atoms with Gasteiger partial charge in [-0.3, -0.25) is 4.98 Å². The Labute approximate surface area is 114 Å². The van der Waals surface area contributed by atoms with Gasteiger partial charge >= 0.3 is 0 Å². The summed E-state index contributed by atoms with van der Waals surface area (Å²) in [5.41, 5.74) is 6.68. The second-order valence-corrected chi connectivity index (χ2v) is 4.87. The lowest BCUT2D eigenvalue weighted by Gasteiger charge is -2.01. The smallest absolute Gasteiger partial charge is 0.188 e. The Bertz CT molecular complexity index is 680. The molecule has 0 aliphatic rings. The van der Waals surface area contributed by atoms with Crippen molar-refractivity contribution in [3.05, 3.63) is 48.9 Å². The minimum Gasteiger partial charge on any atom is -0.384 e. The normalized spacial score (nSPS) is 10.3. The van der Waals surface area contributed by atoms with E-state index in [1.165, 1.54) is 0 Å². The first kappa shape index (κ1) is 11.6. The molecule has 0 bridgehead atoms. The Kier molecular flexibility index (Phi) is 3.07. The van der Waals surface area contributed by atoms with E-state index in [0.29, 0.717) is 11.6 Å². The van der Waals surface area contributed by atoms with Gasteiger partial charge in [0.1, 0.15) is 11.6 Å². The number of nitrogens with zero attached hydrogens (tertiary/aromatic N) is 3. The van der Waals surface area contributed by atoms with Crippen LogP contribution in [0, 0.1) is 0 Å². The highest BCUT2D eigenvalue weighted by atomic mass is 32.1. The largest absolute Gasteiger partial charge is 0.384 e. The van der Waals surface area contributed by atoms with Crippen molar-refractivity contribution in [1.29, 1.82) is 0 Å². The number of nitrogens with one attached hydrogen (secondary N) is 1. The van der Waals surface area contributed by atoms with E-state index in [1.54, 1.807) is 23.6 Å². The average molecular weight is 269 g/mol. The van der Waals surface area contributed by atoms with Gasteiger partial charge in [0.15, 0.2) is 5.13 Å². The van der Waals surface area contributed by atoms with Crippen LogP contribution in [0.25, 0.3) is 10.4 Å². The summed E-state index contributed by atoms with van der Waals surface area (Å²) >= 11 is 1.54. The number of pyridine rings is 2. The molecule has 3 aromatic rings. The van der Waals surface area contributed by atoms with E-state index in [4.69, 9.17) is 5.73 Å². The molecule has 0 saturated carbocycles. The van der Waals surface area contributed by atoms with Crippen LogP contribution in [0.2, 0.25) is 0 Å². The fourth-order valence-electron chi connectivity index (χ4n) is 1.60. The van der Waals surface area contributed by atoms with Gasteiger partial charge in [-0.15, -0.1) is 0 Å². The van der Waals surface area contributed by atoms with Gasteiger partial charge in [0, 0.05) is 24.2 Å². The standard InChI is InChI=1S/C13H11N5S/c14-11-4-1-5-12(17-11)18-13-16-8-10(19-13)9-3-2-6-15-7-9/h1-8H,(H3,14,16,17,18). The van der Waals surface area contributed by atoms with E-state index < -0.39 is 0 Å². The van der Waals surface area contributed by atoms with Gasteiger partial charge in [-0.1, -0.05) is 23.5 Å². The summed E-state index contributed by atoms with van der Waals surface area (Å²) < 4.78 is 0. The molecule has 3 N–H and O–H groups in total. The van der Waals surface area contributed by atoms with Crippen molar-refractivity contribution < 1.29 is 0 Å². The fourth-order valence-corrected chi connectivity index (χ4v) is 2.42. The lowest BCUT2D eigenvalue weighted by atomic mass is 10.3. The number of anilines is 3. The predicted molar refractivity (Wildman–Crippen MR) is 77.3 cm³/mol. The molecule has 0 unspecified atom stereocenters. The molecule has 5 nitrogen and oxygen atoms in total. The number of nitrogens with two attached hydrogens (primary N) is 1. The Morgan fingerprint density at radius 3 is 2.84 bits per heavy atom. The van der Waals surface area contributed by atoms with Gasteiger partial charge in [0.2, 0.25) is 0 Å². The topological polar surface area (TPSA) is 76.7 Å². The minimum atomic E-state index is 0.481. The van der Waals surface area contributed by atoms with Crippen LogP contribution < -0.4 is 11.1 Å². The highest BCUT2D eigenvalue weighted by Crippen LogP contribution is 2.29. The Balaban J connectivity index is 1.82. The first-order chi connectivity index (χ1) is 9.31. The molecule has 94 valence electrons. The molecule has 3 rings (SSSR count). The first-order valence-corrected chi connectivity index (χ1v) is 6.49. The number of hydrogen-bond acceptors (Lipinski definition) is 6. The molecule has 0 spiro atoms. The third kappa shape index (κ3) is 2.69. The molecule has 0 radical (unpaired) electrons. The van der Waals surface area contributed by atoms with E-state index in [1.807, 2.05) is 36.7 Å². The molecule has 0 amide bonds. The van der Waals surface area contributed by atoms with E-state index in [9.17, 15) is 0 Å². The van der Waals surface area contributed by atoms with Gasteiger partial charge in [-0.25, -0.2) is 9.97 Å². The van der Waals surface area contributed by atoms with Gasteiger partial charge in [0.25, 0.3) is 0 Å². The zero-order valence-electron chi connectivity index (χ0n) is 9.95. The molecule has 0 aliphatic heterocycles. The van der Waals surface area contributed by atoms with Crippen LogP contribution in [-0.4, -0.2) is 15.0 Å². The summed E-state index contributed by atoms with van der Waals surface area (Å²) in [6, 6.07) is 9.35. The van der Waals surface area contributed by atoms with Gasteiger partial charge in [-0.2, -0.15) is 0 Å². The number of thiazole rings is 1. The molecule has 0 aromatic carbocycles. The number of nitrogen functional groups attached to an aromatic ring is 1. The molecular weight excluding hydrogens is 258 g/mol. The third-order valence-electron chi connectivity index (χ3n) is 2.46. The number of aromatic nitrogens is 3. The summed E-state index contributed by atoms with van der Waals surface area (Å²) in [6.07, 6.45) is 5.38. The predicted octanol–water partition coefficient (Wildman–Crippen LogP) is 2.93. The summed E-state index contributed by atoms with van der Waals surface area (Å²) in [4.78, 5) is 13.6. The van der Waals surface area contributed by atoms with Crippen LogP contribution in [0.15, 0.2) is 48.9 Å². The van der Waals surface area contributed by atoms with Crippen molar-refractivity contribution in [2.24, 2.45) is 0 Å². The van der Waals surface area contributed by atoms with Crippen LogP contribution in [-0.2, 0) is 0 Å². The van der Waals surface area contributed by atoms with Crippen LogP contribution in [0.5, 0.6) is 0 Å². The number of rotatable bonds is 3. The molecule has 0 aliphatic carbocycles. The van der Waals surface area contributed by atoms with Gasteiger partial charge in [-0.05, 0) is 18.2 Å². The van der Waals surface area contributed by atoms with E-state index >= 15 is 0 Å². The van der Waals surface area contributed by atoms with Crippen LogP contribution in [0.1, 0.15) is 0 Å². The minimum absolute atomic E-state index is 0.481. The Morgan fingerprint density at radius 1 is 1.11 bits per heavy atom. The van der Waals surface area contributed by atoms with Gasteiger partial charge < -0.3 is 11.1 Å². The average Bonchev–Trinajstić information content (AvgIpc) is 2.88. The maximum atomic E-state index is 5.63. The lowest BCUT2D eigenvalue weighted by molar-refractivity contribution is 1.29. The maximum Gasteiger partial charge on any atom is 0.188 e. The third-order valence-corrected chi connectivity index (χ3v) is 3.42. The molecule has 3 heterocycles. The Hall–Kier alpha value is -2.47. The zero-order valence-corrected chi connectivity index (χ0v) is 10.8. The van der Waals surface area contributed by atoms with Crippen molar-refractivity contribution in [2.75, 3.05) is 11.1 Å². The van der Waals surface area contributed by atoms with Crippen molar-refractivity contribution in [3.8, 4) is 10.4 Å². The molecule has 6 heteroatoms. The fraction of sp³-hybridized carbons (Fsp3) is 0. The van der Waals surface area contributed by atoms with Gasteiger partial charge in [0.05, 0.1) is 4.88 Å². The second-order valence-electron chi connectivity index (χ2n) is 3.84. The van der Waals surface area contributed by atoms with E-state index in [-0.39, 0.29) is 0 Å². The lowest BCUT2D eigenvalue weighted by Crippen LogP contribution is -1.95. The van der Waals surface area contributed by atoms with Crippen molar-refractivity contribution in [2.45, 2.75) is 0 Å². The molecule has 0 saturated heterocycles. The van der Waals surface area contributed by atoms with Crippen LogP contribution in [0.3, 0.4) is 0 Å². The summed E-state index contributed by atoms with van der Waals surface area (Å²) in [5.74, 6) is 1.17. The molecule has 0 fully saturated rings. The molecular formula is C13H11N5S. The quantitative estimate of drug-likeness (QED) is 0.764. The molecule has 19 heavy (non-hydrogen) atoms. The van der Waals surface area contributed by atoms with Crippen LogP contribution in [0.4, 0.5) is 16.8 Å². The first-order valence-electron chi connectivity index (χ1n) is 5.67. The molecule has 0 atom stereocenters. The highest BCUT2D eigenvalue weighted by molar-refractivity contribution is 7.18. The van der Waals surface area contributed by atoms with Crippen LogP contribution >= 0.6 is 11.3 Å². The molecule has 3 aromatic heterocycles. The SMILES string of the molecule is Nc1cccc(Nc2ncc(-c3cccnc3)s2)n1. The van der Waals surface area contributed by atoms with E-state index in [2.05, 4.69) is 20.3 Å². The monoisotopic (exact) mass is 269 g/mol. The maximum absolute atomic E-state index is 5.63. The second kappa shape index (κ2) is 5.03. The van der Waals surface area contributed by atoms with E-state index in [0.717, 1.165) is 15.6 Å². The summed E-state index contributed by atoms with van der Waals surface area (Å²) in [7, 11) is 0. The highest BCUT2D eigenvalue weighted by Gasteiger charge is 2.05.